The van der Waals surface area contributed by atoms with Gasteiger partial charge in [-0.2, -0.15) is 13.2 Å². The zero-order chi connectivity index (χ0) is 30.7. The predicted octanol–water partition coefficient (Wildman–Crippen LogP) is 8.30. The van der Waals surface area contributed by atoms with Gasteiger partial charge in [-0.3, -0.25) is 9.59 Å². The predicted molar refractivity (Wildman–Crippen MR) is 159 cm³/mol. The van der Waals surface area contributed by atoms with E-state index in [0.29, 0.717) is 25.1 Å². The van der Waals surface area contributed by atoms with Crippen LogP contribution in [0, 0.1) is 5.92 Å². The average Bonchev–Trinajstić information content (AvgIpc) is 2.94. The molecule has 2 aromatic heterocycles. The highest BCUT2D eigenvalue weighted by molar-refractivity contribution is 5.82. The standard InChI is InChI=1S/C33H42F3NO5/c1-4-5-11-14-24-15-16-26(28(21-24)33(34,35)36)27-22-25-17-19-37(30(38)29(25)42-32(27)40)18-12-9-7-6-8-10-13-20-41-31(39)23(2)3/h15-17,19,21-23H,4-14,18,20H2,1-3H3. The number of hydrogen-bond acceptors (Lipinski definition) is 5. The Morgan fingerprint density at radius 3 is 2.26 bits per heavy atom. The molecule has 0 atom stereocenters. The molecule has 6 nitrogen and oxygen atoms in total. The molecule has 2 heterocycles. The number of halogens is 3. The van der Waals surface area contributed by atoms with Gasteiger partial charge in [0.15, 0.2) is 0 Å². The van der Waals surface area contributed by atoms with Crippen LogP contribution in [0.5, 0.6) is 0 Å². The number of esters is 1. The molecule has 0 fully saturated rings. The van der Waals surface area contributed by atoms with Crippen molar-refractivity contribution in [2.24, 2.45) is 5.92 Å². The molecule has 0 spiro atoms. The summed E-state index contributed by atoms with van der Waals surface area (Å²) in [5.41, 5.74) is -2.39. The Labute approximate surface area is 244 Å². The third-order valence-electron chi connectivity index (χ3n) is 7.37. The minimum absolute atomic E-state index is 0.108. The highest BCUT2D eigenvalue weighted by Gasteiger charge is 2.35. The third-order valence-corrected chi connectivity index (χ3v) is 7.37. The molecule has 3 rings (SSSR count). The van der Waals surface area contributed by atoms with Crippen LogP contribution in [0.4, 0.5) is 13.2 Å². The van der Waals surface area contributed by atoms with Crippen LogP contribution >= 0.6 is 0 Å². The smallest absolute Gasteiger partial charge is 0.417 e. The molecule has 0 saturated heterocycles. The second kappa shape index (κ2) is 15.8. The fourth-order valence-corrected chi connectivity index (χ4v) is 4.91. The summed E-state index contributed by atoms with van der Waals surface area (Å²) in [6, 6.07) is 6.97. The van der Waals surface area contributed by atoms with E-state index in [2.05, 4.69) is 0 Å². The number of pyridine rings is 1. The van der Waals surface area contributed by atoms with Crippen LogP contribution in [0.3, 0.4) is 0 Å². The Hall–Kier alpha value is -3.36. The first-order valence-electron chi connectivity index (χ1n) is 15.1. The number of nitrogens with zero attached hydrogens (tertiary/aromatic N) is 1. The zero-order valence-electron chi connectivity index (χ0n) is 24.9. The number of carbonyl (C=O) groups is 1. The number of benzene rings is 1. The summed E-state index contributed by atoms with van der Waals surface area (Å²) in [5, 5.41) is 0.282. The number of hydrogen-bond donors (Lipinski definition) is 0. The number of aromatic nitrogens is 1. The van der Waals surface area contributed by atoms with Gasteiger partial charge >= 0.3 is 17.8 Å². The SMILES string of the molecule is CCCCCc1ccc(-c2cc3ccn(CCCCCCCCCOC(=O)C(C)C)c(=O)c3oc2=O)c(C(F)(F)F)c1. The van der Waals surface area contributed by atoms with E-state index in [0.717, 1.165) is 70.3 Å². The quantitative estimate of drug-likeness (QED) is 0.124. The van der Waals surface area contributed by atoms with Gasteiger partial charge in [0.2, 0.25) is 5.58 Å². The van der Waals surface area contributed by atoms with Gasteiger partial charge in [-0.1, -0.05) is 77.8 Å². The van der Waals surface area contributed by atoms with E-state index in [9.17, 15) is 27.6 Å². The first-order valence-corrected chi connectivity index (χ1v) is 15.1. The second-order valence-corrected chi connectivity index (χ2v) is 11.2. The minimum Gasteiger partial charge on any atom is -0.465 e. The average molecular weight is 590 g/mol. The van der Waals surface area contributed by atoms with Crippen molar-refractivity contribution in [1.29, 1.82) is 0 Å². The number of carbonyl (C=O) groups excluding carboxylic acids is 1. The van der Waals surface area contributed by atoms with Gasteiger partial charge < -0.3 is 13.7 Å². The van der Waals surface area contributed by atoms with Crippen molar-refractivity contribution in [2.75, 3.05) is 6.61 Å². The van der Waals surface area contributed by atoms with Gasteiger partial charge in [0, 0.05) is 23.7 Å². The second-order valence-electron chi connectivity index (χ2n) is 11.2. The summed E-state index contributed by atoms with van der Waals surface area (Å²) in [7, 11) is 0. The van der Waals surface area contributed by atoms with E-state index in [4.69, 9.17) is 9.15 Å². The molecule has 0 aliphatic carbocycles. The summed E-state index contributed by atoms with van der Waals surface area (Å²) in [6.07, 6.45) is 6.76. The molecule has 0 radical (unpaired) electrons. The van der Waals surface area contributed by atoms with Crippen molar-refractivity contribution in [3.8, 4) is 11.1 Å². The summed E-state index contributed by atoms with van der Waals surface area (Å²) in [6.45, 7) is 6.55. The Bertz CT molecular complexity index is 1440. The molecule has 0 unspecified atom stereocenters. The Kier molecular flexibility index (Phi) is 12.4. The molecule has 0 aliphatic rings. The topological polar surface area (TPSA) is 78.5 Å². The fraction of sp³-hybridized carbons (Fsp3) is 0.545. The molecule has 230 valence electrons. The van der Waals surface area contributed by atoms with Crippen molar-refractivity contribution >= 4 is 16.9 Å². The maximum Gasteiger partial charge on any atom is 0.417 e. The number of unbranched alkanes of at least 4 members (excludes halogenated alkanes) is 8. The first-order chi connectivity index (χ1) is 20.0. The Balaban J connectivity index is 1.62. The largest absolute Gasteiger partial charge is 0.465 e. The summed E-state index contributed by atoms with van der Waals surface area (Å²) in [4.78, 5) is 37.3. The van der Waals surface area contributed by atoms with Crippen LogP contribution in [-0.4, -0.2) is 17.1 Å². The molecule has 0 N–H and O–H groups in total. The highest BCUT2D eigenvalue weighted by Crippen LogP contribution is 2.37. The number of ether oxygens (including phenoxy) is 1. The van der Waals surface area contributed by atoms with Gasteiger partial charge in [0.1, 0.15) is 0 Å². The molecule has 3 aromatic rings. The van der Waals surface area contributed by atoms with Gasteiger partial charge in [0.25, 0.3) is 5.56 Å². The molecular formula is C33H42F3NO5. The summed E-state index contributed by atoms with van der Waals surface area (Å²) >= 11 is 0. The molecular weight excluding hydrogens is 547 g/mol. The lowest BCUT2D eigenvalue weighted by atomic mass is 9.95. The van der Waals surface area contributed by atoms with Crippen molar-refractivity contribution in [3.05, 3.63) is 68.4 Å². The van der Waals surface area contributed by atoms with Crippen LogP contribution < -0.4 is 11.2 Å². The van der Waals surface area contributed by atoms with E-state index in [-0.39, 0.29) is 34.0 Å². The lowest BCUT2D eigenvalue weighted by Gasteiger charge is -2.15. The highest BCUT2D eigenvalue weighted by atomic mass is 19.4. The van der Waals surface area contributed by atoms with Crippen LogP contribution in [0.25, 0.3) is 22.1 Å². The molecule has 1 aromatic carbocycles. The molecule has 0 aliphatic heterocycles. The lowest BCUT2D eigenvalue weighted by molar-refractivity contribution is -0.147. The zero-order valence-corrected chi connectivity index (χ0v) is 24.9. The maximum atomic E-state index is 14.0. The van der Waals surface area contributed by atoms with Crippen molar-refractivity contribution in [3.63, 3.8) is 0 Å². The lowest BCUT2D eigenvalue weighted by Crippen LogP contribution is -2.21. The summed E-state index contributed by atoms with van der Waals surface area (Å²) < 4.78 is 53.9. The molecule has 9 heteroatoms. The molecule has 0 bridgehead atoms. The van der Waals surface area contributed by atoms with Gasteiger partial charge in [0.05, 0.1) is 23.7 Å². The van der Waals surface area contributed by atoms with E-state index < -0.39 is 22.9 Å². The van der Waals surface area contributed by atoms with Crippen LogP contribution in [0.2, 0.25) is 0 Å². The molecule has 0 saturated carbocycles. The van der Waals surface area contributed by atoms with Crippen LogP contribution in [0.1, 0.15) is 96.1 Å². The number of rotatable bonds is 16. The monoisotopic (exact) mass is 589 g/mol. The number of fused-ring (bicyclic) bond motifs is 1. The van der Waals surface area contributed by atoms with Crippen LogP contribution in [-0.2, 0) is 28.7 Å². The van der Waals surface area contributed by atoms with Gasteiger partial charge in [-0.15, -0.1) is 0 Å². The van der Waals surface area contributed by atoms with Crippen molar-refractivity contribution in [2.45, 2.75) is 104 Å². The fourth-order valence-electron chi connectivity index (χ4n) is 4.91. The van der Waals surface area contributed by atoms with E-state index >= 15 is 0 Å². The number of aryl methyl sites for hydroxylation is 2. The Morgan fingerprint density at radius 1 is 0.905 bits per heavy atom. The van der Waals surface area contributed by atoms with Gasteiger partial charge in [-0.05, 0) is 49.4 Å². The van der Waals surface area contributed by atoms with Crippen molar-refractivity contribution in [1.82, 2.24) is 4.57 Å². The van der Waals surface area contributed by atoms with E-state index in [1.165, 1.54) is 16.7 Å². The van der Waals surface area contributed by atoms with E-state index in [1.807, 2.05) is 20.8 Å². The van der Waals surface area contributed by atoms with Gasteiger partial charge in [-0.25, -0.2) is 4.79 Å². The van der Waals surface area contributed by atoms with Crippen molar-refractivity contribution < 1.29 is 27.1 Å². The third kappa shape index (κ3) is 9.33. The van der Waals surface area contributed by atoms with Crippen LogP contribution in [0.15, 0.2) is 50.5 Å². The molecule has 0 amide bonds. The first kappa shape index (κ1) is 33.1. The summed E-state index contributed by atoms with van der Waals surface area (Å²) in [5.74, 6) is -0.278. The maximum absolute atomic E-state index is 14.0. The number of alkyl halides is 3. The Morgan fingerprint density at radius 2 is 1.60 bits per heavy atom. The van der Waals surface area contributed by atoms with E-state index in [1.54, 1.807) is 18.3 Å². The normalized spacial score (nSPS) is 11.9. The molecule has 42 heavy (non-hydrogen) atoms. The minimum atomic E-state index is -4.65.